The van der Waals surface area contributed by atoms with Gasteiger partial charge in [-0.05, 0) is 44.7 Å². The number of hydrogen-bond donors (Lipinski definition) is 0. The standard InChI is InChI=1S/C19H28N2O4S2/c1-14-8-9-18(26-14)27(23,24)20-10-4-5-15(13-20)19(22)21-11-12-25-17-7-3-2-6-16(17)21/h8-9,15-17H,2-7,10-13H2,1H3. The molecule has 1 aromatic heterocycles. The van der Waals surface area contributed by atoms with Gasteiger partial charge < -0.3 is 9.64 Å². The Bertz CT molecular complexity index is 789. The Balaban J connectivity index is 1.48. The van der Waals surface area contributed by atoms with E-state index >= 15 is 0 Å². The molecule has 3 unspecified atom stereocenters. The van der Waals surface area contributed by atoms with Crippen molar-refractivity contribution in [3.63, 3.8) is 0 Å². The second kappa shape index (κ2) is 7.81. The summed E-state index contributed by atoms with van der Waals surface area (Å²) in [4.78, 5) is 16.3. The van der Waals surface area contributed by atoms with Gasteiger partial charge in [0.1, 0.15) is 4.21 Å². The largest absolute Gasteiger partial charge is 0.374 e. The Kier molecular flexibility index (Phi) is 5.60. The summed E-state index contributed by atoms with van der Waals surface area (Å²) in [5.41, 5.74) is 0. The topological polar surface area (TPSA) is 66.9 Å². The second-order valence-electron chi connectivity index (χ2n) is 7.86. The van der Waals surface area contributed by atoms with Gasteiger partial charge in [0, 0.05) is 24.5 Å². The number of sulfonamides is 1. The first-order chi connectivity index (χ1) is 13.0. The first-order valence-corrected chi connectivity index (χ1v) is 12.2. The van der Waals surface area contributed by atoms with Gasteiger partial charge in [-0.1, -0.05) is 12.8 Å². The molecule has 4 rings (SSSR count). The molecule has 0 aromatic carbocycles. The average molecular weight is 413 g/mol. The molecule has 0 spiro atoms. The van der Waals surface area contributed by atoms with Crippen molar-refractivity contribution >= 4 is 27.3 Å². The molecule has 3 heterocycles. The van der Waals surface area contributed by atoms with E-state index in [-0.39, 0.29) is 24.0 Å². The molecular formula is C19H28N2O4S2. The fourth-order valence-electron chi connectivity index (χ4n) is 4.64. The van der Waals surface area contributed by atoms with Gasteiger partial charge in [-0.15, -0.1) is 11.3 Å². The lowest BCUT2D eigenvalue weighted by molar-refractivity contribution is -0.154. The van der Waals surface area contributed by atoms with Crippen LogP contribution in [0.4, 0.5) is 0 Å². The molecule has 150 valence electrons. The maximum atomic E-state index is 13.3. The molecule has 0 radical (unpaired) electrons. The van der Waals surface area contributed by atoms with E-state index in [0.717, 1.165) is 37.0 Å². The third kappa shape index (κ3) is 3.81. The fourth-order valence-corrected chi connectivity index (χ4v) is 7.61. The lowest BCUT2D eigenvalue weighted by Crippen LogP contribution is -2.57. The van der Waals surface area contributed by atoms with Gasteiger partial charge >= 0.3 is 0 Å². The van der Waals surface area contributed by atoms with Crippen LogP contribution in [0, 0.1) is 12.8 Å². The van der Waals surface area contributed by atoms with Crippen LogP contribution < -0.4 is 0 Å². The first kappa shape index (κ1) is 19.4. The summed E-state index contributed by atoms with van der Waals surface area (Å²) in [5, 5.41) is 0. The van der Waals surface area contributed by atoms with E-state index < -0.39 is 10.0 Å². The number of carbonyl (C=O) groups is 1. The smallest absolute Gasteiger partial charge is 0.252 e. The number of rotatable bonds is 3. The quantitative estimate of drug-likeness (QED) is 0.765. The zero-order valence-corrected chi connectivity index (χ0v) is 17.4. The van der Waals surface area contributed by atoms with Crippen LogP contribution in [0.3, 0.4) is 0 Å². The number of amides is 1. The van der Waals surface area contributed by atoms with Crippen LogP contribution in [0.15, 0.2) is 16.3 Å². The number of ether oxygens (including phenoxy) is 1. The van der Waals surface area contributed by atoms with Gasteiger partial charge in [0.15, 0.2) is 0 Å². The van der Waals surface area contributed by atoms with E-state index in [4.69, 9.17) is 4.74 Å². The molecule has 0 bridgehead atoms. The van der Waals surface area contributed by atoms with Crippen molar-refractivity contribution in [2.45, 2.75) is 61.8 Å². The van der Waals surface area contributed by atoms with Crippen LogP contribution in [0.2, 0.25) is 0 Å². The van der Waals surface area contributed by atoms with Crippen molar-refractivity contribution in [1.82, 2.24) is 9.21 Å². The highest BCUT2D eigenvalue weighted by Gasteiger charge is 2.41. The minimum absolute atomic E-state index is 0.123. The number of fused-ring (bicyclic) bond motifs is 1. The molecule has 6 nitrogen and oxygen atoms in total. The van der Waals surface area contributed by atoms with Gasteiger partial charge in [0.2, 0.25) is 5.91 Å². The minimum atomic E-state index is -3.51. The molecular weight excluding hydrogens is 384 g/mol. The summed E-state index contributed by atoms with van der Waals surface area (Å²) in [5.74, 6) is -0.118. The molecule has 8 heteroatoms. The Hall–Kier alpha value is -0.960. The Morgan fingerprint density at radius 2 is 1.96 bits per heavy atom. The van der Waals surface area contributed by atoms with Crippen LogP contribution in [-0.4, -0.2) is 61.9 Å². The molecule has 1 aliphatic carbocycles. The third-order valence-electron chi connectivity index (χ3n) is 6.06. The van der Waals surface area contributed by atoms with Gasteiger partial charge in [0.05, 0.1) is 24.7 Å². The average Bonchev–Trinajstić information content (AvgIpc) is 3.14. The third-order valence-corrected chi connectivity index (χ3v) is 9.39. The van der Waals surface area contributed by atoms with E-state index in [1.54, 1.807) is 6.07 Å². The van der Waals surface area contributed by atoms with Crippen LogP contribution in [0.1, 0.15) is 43.4 Å². The lowest BCUT2D eigenvalue weighted by atomic mass is 9.88. The van der Waals surface area contributed by atoms with Crippen molar-refractivity contribution in [1.29, 1.82) is 0 Å². The maximum Gasteiger partial charge on any atom is 0.252 e. The van der Waals surface area contributed by atoms with Crippen molar-refractivity contribution < 1.29 is 17.9 Å². The van der Waals surface area contributed by atoms with E-state index in [2.05, 4.69) is 0 Å². The van der Waals surface area contributed by atoms with Crippen molar-refractivity contribution in [2.24, 2.45) is 5.92 Å². The summed E-state index contributed by atoms with van der Waals surface area (Å²) < 4.78 is 33.7. The predicted octanol–water partition coefficient (Wildman–Crippen LogP) is 2.63. The highest BCUT2D eigenvalue weighted by molar-refractivity contribution is 7.91. The van der Waals surface area contributed by atoms with Gasteiger partial charge in [-0.3, -0.25) is 4.79 Å². The first-order valence-electron chi connectivity index (χ1n) is 9.95. The van der Waals surface area contributed by atoms with E-state index in [0.29, 0.717) is 30.5 Å². The van der Waals surface area contributed by atoms with Crippen molar-refractivity contribution in [2.75, 3.05) is 26.2 Å². The number of carbonyl (C=O) groups excluding carboxylic acids is 1. The summed E-state index contributed by atoms with van der Waals surface area (Å²) in [6, 6.07) is 3.68. The van der Waals surface area contributed by atoms with Crippen LogP contribution in [-0.2, 0) is 19.6 Å². The molecule has 3 aliphatic rings. The molecule has 0 N–H and O–H groups in total. The maximum absolute atomic E-state index is 13.3. The Morgan fingerprint density at radius 1 is 1.15 bits per heavy atom. The fraction of sp³-hybridized carbons (Fsp3) is 0.737. The number of nitrogens with zero attached hydrogens (tertiary/aromatic N) is 2. The highest BCUT2D eigenvalue weighted by Crippen LogP contribution is 2.32. The van der Waals surface area contributed by atoms with Gasteiger partial charge in [0.25, 0.3) is 10.0 Å². The van der Waals surface area contributed by atoms with Crippen molar-refractivity contribution in [3.8, 4) is 0 Å². The second-order valence-corrected chi connectivity index (χ2v) is 11.3. The number of thiophene rings is 1. The van der Waals surface area contributed by atoms with Crippen LogP contribution in [0.25, 0.3) is 0 Å². The molecule has 2 aliphatic heterocycles. The molecule has 1 saturated carbocycles. The number of aryl methyl sites for hydroxylation is 1. The molecule has 27 heavy (non-hydrogen) atoms. The van der Waals surface area contributed by atoms with E-state index in [1.807, 2.05) is 17.9 Å². The monoisotopic (exact) mass is 412 g/mol. The molecule has 2 saturated heterocycles. The van der Waals surface area contributed by atoms with E-state index in [1.165, 1.54) is 22.1 Å². The summed E-state index contributed by atoms with van der Waals surface area (Å²) >= 11 is 1.30. The lowest BCUT2D eigenvalue weighted by Gasteiger charge is -2.45. The normalized spacial score (nSPS) is 30.1. The highest BCUT2D eigenvalue weighted by atomic mass is 32.2. The van der Waals surface area contributed by atoms with Gasteiger partial charge in [-0.25, -0.2) is 8.42 Å². The Morgan fingerprint density at radius 3 is 2.74 bits per heavy atom. The SMILES string of the molecule is Cc1ccc(S(=O)(=O)N2CCCC(C(=O)N3CCOC4CCCCC43)C2)s1. The van der Waals surface area contributed by atoms with Crippen LogP contribution >= 0.6 is 11.3 Å². The molecule has 1 aromatic rings. The van der Waals surface area contributed by atoms with Crippen LogP contribution in [0.5, 0.6) is 0 Å². The minimum Gasteiger partial charge on any atom is -0.374 e. The van der Waals surface area contributed by atoms with E-state index in [9.17, 15) is 13.2 Å². The number of piperidine rings is 1. The summed E-state index contributed by atoms with van der Waals surface area (Å²) in [7, 11) is -3.51. The number of morpholine rings is 1. The van der Waals surface area contributed by atoms with Crippen molar-refractivity contribution in [3.05, 3.63) is 17.0 Å². The molecule has 1 amide bonds. The summed E-state index contributed by atoms with van der Waals surface area (Å²) in [6.07, 6.45) is 5.99. The zero-order chi connectivity index (χ0) is 19.0. The Labute approximate surface area is 165 Å². The number of hydrogen-bond acceptors (Lipinski definition) is 5. The molecule has 3 fully saturated rings. The summed E-state index contributed by atoms with van der Waals surface area (Å²) in [6.45, 7) is 3.93. The molecule has 3 atom stereocenters. The predicted molar refractivity (Wildman–Crippen MR) is 104 cm³/mol. The zero-order valence-electron chi connectivity index (χ0n) is 15.8. The van der Waals surface area contributed by atoms with Gasteiger partial charge in [-0.2, -0.15) is 4.31 Å².